The zero-order valence-electron chi connectivity index (χ0n) is 17.2. The molecule has 0 saturated carbocycles. The Labute approximate surface area is 177 Å². The van der Waals surface area contributed by atoms with E-state index >= 15 is 4.39 Å². The number of benzene rings is 2. The Morgan fingerprint density at radius 1 is 0.903 bits per heavy atom. The quantitative estimate of drug-likeness (QED) is 0.295. The molecule has 0 fully saturated rings. The summed E-state index contributed by atoms with van der Waals surface area (Å²) in [5.74, 6) is -4.10. The molecule has 1 aliphatic carbocycles. The van der Waals surface area contributed by atoms with Crippen LogP contribution >= 0.6 is 0 Å². The fourth-order valence-corrected chi connectivity index (χ4v) is 3.92. The summed E-state index contributed by atoms with van der Waals surface area (Å²) in [6, 6.07) is 3.59. The van der Waals surface area contributed by atoms with Crippen molar-refractivity contribution in [3.8, 4) is 16.9 Å². The van der Waals surface area contributed by atoms with E-state index < -0.39 is 35.1 Å². The van der Waals surface area contributed by atoms with Crippen molar-refractivity contribution < 1.29 is 31.1 Å². The summed E-state index contributed by atoms with van der Waals surface area (Å²) in [6.07, 6.45) is 4.40. The first kappa shape index (κ1) is 23.2. The lowest BCUT2D eigenvalue weighted by Crippen LogP contribution is -2.18. The van der Waals surface area contributed by atoms with Crippen molar-refractivity contribution >= 4 is 6.08 Å². The second-order valence-corrected chi connectivity index (χ2v) is 7.77. The number of allylic oxidation sites excluding steroid dienone is 1. The molecular formula is C24H24F6O. The second kappa shape index (κ2) is 9.79. The van der Waals surface area contributed by atoms with Gasteiger partial charge in [0.1, 0.15) is 11.6 Å². The van der Waals surface area contributed by atoms with Crippen molar-refractivity contribution in [3.05, 3.63) is 58.4 Å². The van der Waals surface area contributed by atoms with Crippen LogP contribution in [0, 0.1) is 17.5 Å². The lowest BCUT2D eigenvalue weighted by atomic mass is 9.87. The Hall–Kier alpha value is -2.44. The van der Waals surface area contributed by atoms with E-state index in [4.69, 9.17) is 0 Å². The van der Waals surface area contributed by atoms with Crippen molar-refractivity contribution in [2.45, 2.75) is 64.7 Å². The van der Waals surface area contributed by atoms with Gasteiger partial charge in [0, 0.05) is 0 Å². The fourth-order valence-electron chi connectivity index (χ4n) is 3.92. The molecule has 0 radical (unpaired) electrons. The minimum Gasteiger partial charge on any atom is -0.403 e. The SMILES string of the molecule is CCCCCCCC1=Cc2cc(F)c(-c3ccc(OC(F)(F)F)c(F)c3)c(F)c2CC1. The van der Waals surface area contributed by atoms with Crippen LogP contribution in [-0.4, -0.2) is 6.36 Å². The molecule has 0 heterocycles. The number of rotatable bonds is 8. The number of alkyl halides is 3. The summed E-state index contributed by atoms with van der Waals surface area (Å²) in [6.45, 7) is 2.15. The van der Waals surface area contributed by atoms with Gasteiger partial charge in [0.15, 0.2) is 11.6 Å². The number of unbranched alkanes of at least 4 members (excludes halogenated alkanes) is 4. The summed E-state index contributed by atoms with van der Waals surface area (Å²) in [5.41, 5.74) is 1.31. The molecule has 0 N–H and O–H groups in total. The molecule has 0 saturated heterocycles. The predicted molar refractivity (Wildman–Crippen MR) is 108 cm³/mol. The lowest BCUT2D eigenvalue weighted by molar-refractivity contribution is -0.275. The van der Waals surface area contributed by atoms with E-state index in [9.17, 15) is 22.0 Å². The number of fused-ring (bicyclic) bond motifs is 1. The van der Waals surface area contributed by atoms with Gasteiger partial charge >= 0.3 is 6.36 Å². The van der Waals surface area contributed by atoms with Crippen molar-refractivity contribution in [2.75, 3.05) is 0 Å². The third-order valence-electron chi connectivity index (χ3n) is 5.46. The molecule has 2 aromatic carbocycles. The topological polar surface area (TPSA) is 9.23 Å². The molecular weight excluding hydrogens is 418 g/mol. The molecule has 0 spiro atoms. The van der Waals surface area contributed by atoms with Gasteiger partial charge < -0.3 is 4.74 Å². The van der Waals surface area contributed by atoms with Crippen LogP contribution in [0.1, 0.15) is 63.0 Å². The summed E-state index contributed by atoms with van der Waals surface area (Å²) in [4.78, 5) is 0. The molecule has 0 unspecified atom stereocenters. The Morgan fingerprint density at radius 3 is 2.32 bits per heavy atom. The Kier molecular flexibility index (Phi) is 7.34. The first-order valence-electron chi connectivity index (χ1n) is 10.5. The Morgan fingerprint density at radius 2 is 1.65 bits per heavy atom. The highest BCUT2D eigenvalue weighted by molar-refractivity contribution is 5.71. The number of ether oxygens (including phenoxy) is 1. The number of hydrogen-bond donors (Lipinski definition) is 0. The van der Waals surface area contributed by atoms with Gasteiger partial charge in [0.05, 0.1) is 5.56 Å². The van der Waals surface area contributed by atoms with Gasteiger partial charge in [-0.3, -0.25) is 0 Å². The van der Waals surface area contributed by atoms with E-state index in [0.717, 1.165) is 30.9 Å². The highest BCUT2D eigenvalue weighted by Crippen LogP contribution is 2.37. The molecule has 0 aliphatic heterocycles. The van der Waals surface area contributed by atoms with Crippen LogP contribution in [0.3, 0.4) is 0 Å². The maximum atomic E-state index is 15.1. The van der Waals surface area contributed by atoms with Gasteiger partial charge in [-0.15, -0.1) is 13.2 Å². The second-order valence-electron chi connectivity index (χ2n) is 7.77. The van der Waals surface area contributed by atoms with Gasteiger partial charge in [0.2, 0.25) is 0 Å². The molecule has 0 bridgehead atoms. The highest BCUT2D eigenvalue weighted by Gasteiger charge is 2.32. The van der Waals surface area contributed by atoms with Crippen LogP contribution in [0.5, 0.6) is 5.75 Å². The molecule has 1 aliphatic rings. The number of halogens is 6. The van der Waals surface area contributed by atoms with Gasteiger partial charge in [-0.25, -0.2) is 13.2 Å². The molecule has 0 atom stereocenters. The van der Waals surface area contributed by atoms with Crippen molar-refractivity contribution in [2.24, 2.45) is 0 Å². The summed E-state index contributed by atoms with van der Waals surface area (Å²) in [5, 5.41) is 0. The van der Waals surface area contributed by atoms with Crippen molar-refractivity contribution in [1.29, 1.82) is 0 Å². The van der Waals surface area contributed by atoms with Crippen LogP contribution in [-0.2, 0) is 6.42 Å². The zero-order valence-corrected chi connectivity index (χ0v) is 17.2. The Balaban J connectivity index is 1.83. The molecule has 0 aromatic heterocycles. The van der Waals surface area contributed by atoms with Crippen LogP contribution in [0.2, 0.25) is 0 Å². The van der Waals surface area contributed by atoms with E-state index in [1.54, 1.807) is 0 Å². The largest absolute Gasteiger partial charge is 0.573 e. The fraction of sp³-hybridized carbons (Fsp3) is 0.417. The molecule has 31 heavy (non-hydrogen) atoms. The first-order chi connectivity index (χ1) is 14.7. The molecule has 2 aromatic rings. The minimum absolute atomic E-state index is 0.185. The van der Waals surface area contributed by atoms with E-state index in [-0.39, 0.29) is 5.56 Å². The van der Waals surface area contributed by atoms with Crippen LogP contribution < -0.4 is 4.74 Å². The standard InChI is InChI=1S/C24H24F6O/c1-2-3-4-5-6-7-15-8-10-18-17(12-15)14-20(26)22(23(18)27)16-9-11-21(19(25)13-16)31-24(28,29)30/h9,11-14H,2-8,10H2,1H3. The third-order valence-corrected chi connectivity index (χ3v) is 5.46. The molecule has 0 amide bonds. The van der Waals surface area contributed by atoms with Crippen molar-refractivity contribution in [1.82, 2.24) is 0 Å². The van der Waals surface area contributed by atoms with E-state index in [1.165, 1.54) is 25.3 Å². The predicted octanol–water partition coefficient (Wildman–Crippen LogP) is 8.36. The summed E-state index contributed by atoms with van der Waals surface area (Å²) in [7, 11) is 0. The first-order valence-corrected chi connectivity index (χ1v) is 10.5. The summed E-state index contributed by atoms with van der Waals surface area (Å²) < 4.78 is 84.4. The maximum absolute atomic E-state index is 15.1. The molecule has 7 heteroatoms. The van der Waals surface area contributed by atoms with E-state index in [2.05, 4.69) is 11.7 Å². The van der Waals surface area contributed by atoms with Crippen LogP contribution in [0.4, 0.5) is 26.3 Å². The Bertz CT molecular complexity index is 962. The van der Waals surface area contributed by atoms with Crippen molar-refractivity contribution in [3.63, 3.8) is 0 Å². The monoisotopic (exact) mass is 442 g/mol. The summed E-state index contributed by atoms with van der Waals surface area (Å²) >= 11 is 0. The molecule has 1 nitrogen and oxygen atoms in total. The zero-order chi connectivity index (χ0) is 22.6. The minimum atomic E-state index is -5.06. The highest BCUT2D eigenvalue weighted by atomic mass is 19.4. The van der Waals surface area contributed by atoms with Gasteiger partial charge in [-0.05, 0) is 60.6 Å². The average molecular weight is 442 g/mol. The smallest absolute Gasteiger partial charge is 0.403 e. The lowest BCUT2D eigenvalue weighted by Gasteiger charge is -2.20. The average Bonchev–Trinajstić information content (AvgIpc) is 2.68. The van der Waals surface area contributed by atoms with Gasteiger partial charge in [-0.2, -0.15) is 0 Å². The van der Waals surface area contributed by atoms with Gasteiger partial charge in [0.25, 0.3) is 0 Å². The molecule has 168 valence electrons. The third kappa shape index (κ3) is 5.83. The van der Waals surface area contributed by atoms with Crippen LogP contribution in [0.25, 0.3) is 17.2 Å². The maximum Gasteiger partial charge on any atom is 0.573 e. The van der Waals surface area contributed by atoms with Gasteiger partial charge in [-0.1, -0.05) is 50.3 Å². The number of hydrogen-bond acceptors (Lipinski definition) is 1. The molecule has 3 rings (SSSR count). The van der Waals surface area contributed by atoms with E-state index in [1.807, 2.05) is 6.08 Å². The van der Waals surface area contributed by atoms with Crippen LogP contribution in [0.15, 0.2) is 29.8 Å². The van der Waals surface area contributed by atoms with E-state index in [0.29, 0.717) is 36.1 Å². The normalized spacial score (nSPS) is 13.7.